The third-order valence-electron chi connectivity index (χ3n) is 3.57. The SMILES string of the molecule is Cc1cc(CNc2ccc3ccccc3n2)cc(C)c1F. The van der Waals surface area contributed by atoms with Gasteiger partial charge in [-0.2, -0.15) is 0 Å². The largest absolute Gasteiger partial charge is 0.366 e. The molecule has 3 heteroatoms. The molecular weight excluding hydrogens is 263 g/mol. The number of fused-ring (bicyclic) bond motifs is 1. The van der Waals surface area contributed by atoms with E-state index in [1.165, 1.54) is 0 Å². The van der Waals surface area contributed by atoms with E-state index >= 15 is 0 Å². The van der Waals surface area contributed by atoms with Gasteiger partial charge in [-0.15, -0.1) is 0 Å². The van der Waals surface area contributed by atoms with Crippen LogP contribution in [0.25, 0.3) is 10.9 Å². The van der Waals surface area contributed by atoms with Crippen molar-refractivity contribution in [2.75, 3.05) is 5.32 Å². The van der Waals surface area contributed by atoms with Gasteiger partial charge in [0, 0.05) is 11.9 Å². The number of para-hydroxylation sites is 1. The average molecular weight is 280 g/mol. The second kappa shape index (κ2) is 5.52. The maximum Gasteiger partial charge on any atom is 0.129 e. The molecule has 0 bridgehead atoms. The van der Waals surface area contributed by atoms with Gasteiger partial charge in [0.1, 0.15) is 11.6 Å². The first-order valence-corrected chi connectivity index (χ1v) is 6.99. The Kier molecular flexibility index (Phi) is 3.57. The monoisotopic (exact) mass is 280 g/mol. The van der Waals surface area contributed by atoms with E-state index in [1.807, 2.05) is 48.5 Å². The lowest BCUT2D eigenvalue weighted by Gasteiger charge is -2.09. The van der Waals surface area contributed by atoms with Crippen molar-refractivity contribution in [3.63, 3.8) is 0 Å². The van der Waals surface area contributed by atoms with Crippen LogP contribution >= 0.6 is 0 Å². The number of rotatable bonds is 3. The van der Waals surface area contributed by atoms with Gasteiger partial charge in [0.05, 0.1) is 5.52 Å². The van der Waals surface area contributed by atoms with Gasteiger partial charge in [0.15, 0.2) is 0 Å². The summed E-state index contributed by atoms with van der Waals surface area (Å²) in [6, 6.07) is 15.8. The van der Waals surface area contributed by atoms with Crippen molar-refractivity contribution < 1.29 is 4.39 Å². The van der Waals surface area contributed by atoms with Crippen LogP contribution in [0, 0.1) is 19.7 Å². The van der Waals surface area contributed by atoms with E-state index in [0.717, 1.165) is 22.3 Å². The molecule has 21 heavy (non-hydrogen) atoms. The summed E-state index contributed by atoms with van der Waals surface area (Å²) in [7, 11) is 0. The fourth-order valence-corrected chi connectivity index (χ4v) is 2.49. The minimum atomic E-state index is -0.123. The summed E-state index contributed by atoms with van der Waals surface area (Å²) < 4.78 is 13.6. The molecular formula is C18H17FN2. The van der Waals surface area contributed by atoms with E-state index < -0.39 is 0 Å². The number of halogens is 1. The lowest BCUT2D eigenvalue weighted by Crippen LogP contribution is -2.03. The minimum absolute atomic E-state index is 0.123. The van der Waals surface area contributed by atoms with E-state index in [2.05, 4.69) is 10.3 Å². The Morgan fingerprint density at radius 3 is 2.48 bits per heavy atom. The van der Waals surface area contributed by atoms with E-state index in [9.17, 15) is 4.39 Å². The Balaban J connectivity index is 1.80. The number of aromatic nitrogens is 1. The van der Waals surface area contributed by atoms with Crippen molar-refractivity contribution in [1.29, 1.82) is 0 Å². The van der Waals surface area contributed by atoms with Crippen molar-refractivity contribution in [3.05, 3.63) is 71.0 Å². The molecule has 0 atom stereocenters. The molecule has 0 radical (unpaired) electrons. The fraction of sp³-hybridized carbons (Fsp3) is 0.167. The van der Waals surface area contributed by atoms with Gasteiger partial charge in [0.25, 0.3) is 0 Å². The number of nitrogens with zero attached hydrogens (tertiary/aromatic N) is 1. The van der Waals surface area contributed by atoms with Gasteiger partial charge in [-0.1, -0.05) is 30.3 Å². The highest BCUT2D eigenvalue weighted by molar-refractivity contribution is 5.80. The van der Waals surface area contributed by atoms with Gasteiger partial charge in [-0.05, 0) is 48.7 Å². The standard InChI is InChI=1S/C18H17FN2/c1-12-9-14(10-13(2)18(12)19)11-20-17-8-7-15-5-3-4-6-16(15)21-17/h3-10H,11H2,1-2H3,(H,20,21). The average Bonchev–Trinajstić information content (AvgIpc) is 2.50. The Hall–Kier alpha value is -2.42. The summed E-state index contributed by atoms with van der Waals surface area (Å²) in [5, 5.41) is 4.42. The van der Waals surface area contributed by atoms with Crippen LogP contribution in [0.1, 0.15) is 16.7 Å². The summed E-state index contributed by atoms with van der Waals surface area (Å²) in [6.07, 6.45) is 0. The molecule has 106 valence electrons. The molecule has 3 aromatic rings. The molecule has 0 unspecified atom stereocenters. The van der Waals surface area contributed by atoms with Crippen molar-refractivity contribution in [2.24, 2.45) is 0 Å². The van der Waals surface area contributed by atoms with Gasteiger partial charge >= 0.3 is 0 Å². The molecule has 3 rings (SSSR count). The maximum atomic E-state index is 13.6. The summed E-state index contributed by atoms with van der Waals surface area (Å²) >= 11 is 0. The number of anilines is 1. The molecule has 1 N–H and O–H groups in total. The Morgan fingerprint density at radius 2 is 1.71 bits per heavy atom. The van der Waals surface area contributed by atoms with Gasteiger partial charge in [-0.3, -0.25) is 0 Å². The van der Waals surface area contributed by atoms with Crippen LogP contribution in [0.4, 0.5) is 10.2 Å². The Morgan fingerprint density at radius 1 is 1.00 bits per heavy atom. The van der Waals surface area contributed by atoms with E-state index in [0.29, 0.717) is 17.7 Å². The second-order valence-electron chi connectivity index (χ2n) is 5.29. The highest BCUT2D eigenvalue weighted by Gasteiger charge is 2.04. The van der Waals surface area contributed by atoms with Crippen LogP contribution in [0.5, 0.6) is 0 Å². The Labute approximate surface area is 123 Å². The van der Waals surface area contributed by atoms with Gasteiger partial charge in [-0.25, -0.2) is 9.37 Å². The summed E-state index contributed by atoms with van der Waals surface area (Å²) in [4.78, 5) is 4.57. The van der Waals surface area contributed by atoms with Crippen LogP contribution in [-0.4, -0.2) is 4.98 Å². The predicted octanol–water partition coefficient (Wildman–Crippen LogP) is 4.60. The van der Waals surface area contributed by atoms with Crippen molar-refractivity contribution in [2.45, 2.75) is 20.4 Å². The molecule has 2 aromatic carbocycles. The topological polar surface area (TPSA) is 24.9 Å². The normalized spacial score (nSPS) is 10.8. The van der Waals surface area contributed by atoms with Crippen molar-refractivity contribution in [1.82, 2.24) is 4.98 Å². The first-order chi connectivity index (χ1) is 10.1. The number of nitrogens with one attached hydrogen (secondary N) is 1. The van der Waals surface area contributed by atoms with Crippen LogP contribution in [0.3, 0.4) is 0 Å². The van der Waals surface area contributed by atoms with Gasteiger partial charge in [0.2, 0.25) is 0 Å². The van der Waals surface area contributed by atoms with Crippen LogP contribution in [0.2, 0.25) is 0 Å². The highest BCUT2D eigenvalue weighted by Crippen LogP contribution is 2.17. The zero-order valence-corrected chi connectivity index (χ0v) is 12.2. The summed E-state index contributed by atoms with van der Waals surface area (Å²) in [6.45, 7) is 4.22. The van der Waals surface area contributed by atoms with Crippen molar-refractivity contribution >= 4 is 16.7 Å². The molecule has 0 aliphatic rings. The highest BCUT2D eigenvalue weighted by atomic mass is 19.1. The molecule has 1 heterocycles. The van der Waals surface area contributed by atoms with Crippen LogP contribution in [-0.2, 0) is 6.54 Å². The first kappa shape index (κ1) is 13.6. The molecule has 0 saturated carbocycles. The van der Waals surface area contributed by atoms with E-state index in [1.54, 1.807) is 13.8 Å². The molecule has 0 spiro atoms. The number of aryl methyl sites for hydroxylation is 2. The molecule has 0 aliphatic heterocycles. The third-order valence-corrected chi connectivity index (χ3v) is 3.57. The van der Waals surface area contributed by atoms with E-state index in [-0.39, 0.29) is 5.82 Å². The molecule has 0 fully saturated rings. The zero-order valence-electron chi connectivity index (χ0n) is 12.2. The molecule has 1 aromatic heterocycles. The summed E-state index contributed by atoms with van der Waals surface area (Å²) in [5.74, 6) is 0.705. The number of hydrogen-bond donors (Lipinski definition) is 1. The maximum absolute atomic E-state index is 13.6. The third kappa shape index (κ3) is 2.87. The fourth-order valence-electron chi connectivity index (χ4n) is 2.49. The molecule has 0 amide bonds. The smallest absolute Gasteiger partial charge is 0.129 e. The first-order valence-electron chi connectivity index (χ1n) is 6.99. The second-order valence-corrected chi connectivity index (χ2v) is 5.29. The van der Waals surface area contributed by atoms with Gasteiger partial charge < -0.3 is 5.32 Å². The summed E-state index contributed by atoms with van der Waals surface area (Å²) in [5.41, 5.74) is 3.38. The molecule has 0 aliphatic carbocycles. The molecule has 2 nitrogen and oxygen atoms in total. The minimum Gasteiger partial charge on any atom is -0.366 e. The van der Waals surface area contributed by atoms with Crippen LogP contribution < -0.4 is 5.32 Å². The van der Waals surface area contributed by atoms with Crippen molar-refractivity contribution in [3.8, 4) is 0 Å². The number of benzene rings is 2. The molecule has 0 saturated heterocycles. The number of pyridine rings is 1. The van der Waals surface area contributed by atoms with Crippen LogP contribution in [0.15, 0.2) is 48.5 Å². The predicted molar refractivity (Wildman–Crippen MR) is 84.9 cm³/mol. The Bertz CT molecular complexity index is 773. The number of hydrogen-bond acceptors (Lipinski definition) is 2. The lowest BCUT2D eigenvalue weighted by atomic mass is 10.1. The zero-order chi connectivity index (χ0) is 14.8. The lowest BCUT2D eigenvalue weighted by molar-refractivity contribution is 0.608. The van der Waals surface area contributed by atoms with E-state index in [4.69, 9.17) is 0 Å². The quantitative estimate of drug-likeness (QED) is 0.758.